The summed E-state index contributed by atoms with van der Waals surface area (Å²) in [4.78, 5) is 49.2. The van der Waals surface area contributed by atoms with E-state index < -0.39 is 11.9 Å². The van der Waals surface area contributed by atoms with Gasteiger partial charge in [-0.25, -0.2) is 9.59 Å². The number of aromatic nitrogens is 2. The number of carboxylic acids is 2. The van der Waals surface area contributed by atoms with Crippen LogP contribution in [0.4, 0.5) is 11.4 Å². The van der Waals surface area contributed by atoms with Gasteiger partial charge in [-0.15, -0.1) is 22.7 Å². The number of pyridine rings is 2. The lowest BCUT2D eigenvalue weighted by molar-refractivity contribution is 0.0691. The number of hydrogen-bond acceptors (Lipinski definition) is 11. The molecule has 4 aromatic heterocycles. The first kappa shape index (κ1) is 33.7. The summed E-state index contributed by atoms with van der Waals surface area (Å²) < 4.78 is 0. The number of nitrogens with zero attached hydrogens (tertiary/aromatic N) is 5. The van der Waals surface area contributed by atoms with Crippen molar-refractivity contribution in [1.29, 1.82) is 0 Å². The standard InChI is InChI=1S/C16H19N3O2S.C9H13N3.C7H6O3S/c1-12-10-14(16(20)21)22-15(12)11-18-6-8-19(9-7-18)13-2-4-17-5-3-13;1-3-10-4-2-9(1)12-7-5-11-6-8-12;1-4-2-5(7(9)10)11-6(4)3-8/h2-5,10H,6-9,11H2,1H3,(H,20,21);1-4,11H,5-8H2;2-3H,1H3,(H,9,10). The van der Waals surface area contributed by atoms with Crippen molar-refractivity contribution in [3.63, 3.8) is 0 Å². The van der Waals surface area contributed by atoms with Gasteiger partial charge in [0.15, 0.2) is 6.29 Å². The first-order valence-electron chi connectivity index (χ1n) is 14.6. The quantitative estimate of drug-likeness (QED) is 0.243. The SMILES string of the molecule is Cc1cc(C(=O)O)sc1C=O.Cc1cc(C(=O)O)sc1CN1CCN(c2ccncc2)CC1.c1cc(N2CCNCC2)ccn1. The molecule has 0 spiro atoms. The minimum Gasteiger partial charge on any atom is -0.477 e. The molecular weight excluding hydrogens is 613 g/mol. The van der Waals surface area contributed by atoms with Crippen LogP contribution in [0.25, 0.3) is 0 Å². The van der Waals surface area contributed by atoms with E-state index in [1.54, 1.807) is 13.0 Å². The van der Waals surface area contributed by atoms with Crippen molar-refractivity contribution in [3.05, 3.63) is 91.8 Å². The van der Waals surface area contributed by atoms with Crippen molar-refractivity contribution in [2.24, 2.45) is 0 Å². The second-order valence-corrected chi connectivity index (χ2v) is 12.7. The fraction of sp³-hybridized carbons (Fsp3) is 0.344. The van der Waals surface area contributed by atoms with Crippen LogP contribution in [0, 0.1) is 13.8 Å². The van der Waals surface area contributed by atoms with Gasteiger partial charge in [0.1, 0.15) is 9.75 Å². The van der Waals surface area contributed by atoms with Crippen LogP contribution in [-0.4, -0.2) is 95.7 Å². The van der Waals surface area contributed by atoms with E-state index in [-0.39, 0.29) is 4.88 Å². The molecule has 2 aliphatic heterocycles. The summed E-state index contributed by atoms with van der Waals surface area (Å²) in [5.41, 5.74) is 4.31. The van der Waals surface area contributed by atoms with E-state index in [1.807, 2.05) is 43.8 Å². The smallest absolute Gasteiger partial charge is 0.345 e. The number of rotatable bonds is 7. The van der Waals surface area contributed by atoms with Gasteiger partial charge < -0.3 is 25.3 Å². The largest absolute Gasteiger partial charge is 0.477 e. The van der Waals surface area contributed by atoms with Crippen LogP contribution in [0.1, 0.15) is 45.0 Å². The number of anilines is 2. The van der Waals surface area contributed by atoms with E-state index in [0.717, 1.165) is 86.2 Å². The number of aldehydes is 1. The fourth-order valence-electron chi connectivity index (χ4n) is 4.90. The molecule has 0 bridgehead atoms. The topological polar surface area (TPSA) is 139 Å². The molecule has 0 amide bonds. The van der Waals surface area contributed by atoms with E-state index in [2.05, 4.69) is 42.1 Å². The zero-order valence-corrected chi connectivity index (χ0v) is 27.0. The van der Waals surface area contributed by atoms with Gasteiger partial charge in [-0.05, 0) is 61.4 Å². The number of carbonyl (C=O) groups is 3. The van der Waals surface area contributed by atoms with Crippen LogP contribution in [0.15, 0.2) is 61.2 Å². The van der Waals surface area contributed by atoms with Gasteiger partial charge >= 0.3 is 11.9 Å². The number of thiophene rings is 2. The molecule has 2 saturated heterocycles. The lowest BCUT2D eigenvalue weighted by Gasteiger charge is -2.35. The van der Waals surface area contributed by atoms with Gasteiger partial charge in [0, 0.05) is 99.9 Å². The molecule has 0 atom stereocenters. The summed E-state index contributed by atoms with van der Waals surface area (Å²) >= 11 is 2.40. The number of carbonyl (C=O) groups excluding carboxylic acids is 1. The maximum Gasteiger partial charge on any atom is 0.345 e. The molecule has 0 aliphatic carbocycles. The van der Waals surface area contributed by atoms with E-state index in [9.17, 15) is 14.4 Å². The highest BCUT2D eigenvalue weighted by Gasteiger charge is 2.20. The Hall–Kier alpha value is -4.17. The highest BCUT2D eigenvalue weighted by atomic mass is 32.1. The molecule has 0 unspecified atom stereocenters. The van der Waals surface area contributed by atoms with Gasteiger partial charge in [-0.1, -0.05) is 0 Å². The lowest BCUT2D eigenvalue weighted by Crippen LogP contribution is -2.45. The summed E-state index contributed by atoms with van der Waals surface area (Å²) in [5, 5.41) is 20.9. The Kier molecular flexibility index (Phi) is 12.6. The molecule has 45 heavy (non-hydrogen) atoms. The number of aryl methyl sites for hydroxylation is 2. The Morgan fingerprint density at radius 3 is 1.71 bits per heavy atom. The van der Waals surface area contributed by atoms with Gasteiger partial charge in [0.25, 0.3) is 0 Å². The van der Waals surface area contributed by atoms with Crippen molar-refractivity contribution in [3.8, 4) is 0 Å². The average molecular weight is 651 g/mol. The number of aromatic carboxylic acids is 2. The van der Waals surface area contributed by atoms with E-state index >= 15 is 0 Å². The summed E-state index contributed by atoms with van der Waals surface area (Å²) in [7, 11) is 0. The second kappa shape index (κ2) is 16.8. The molecule has 2 aliphatic rings. The Morgan fingerprint density at radius 2 is 1.27 bits per heavy atom. The van der Waals surface area contributed by atoms with E-state index in [0.29, 0.717) is 16.0 Å². The van der Waals surface area contributed by atoms with E-state index in [4.69, 9.17) is 10.2 Å². The van der Waals surface area contributed by atoms with Crippen LogP contribution in [-0.2, 0) is 6.54 Å². The van der Waals surface area contributed by atoms with Crippen molar-refractivity contribution in [2.45, 2.75) is 20.4 Å². The minimum absolute atomic E-state index is 0.213. The Morgan fingerprint density at radius 1 is 0.778 bits per heavy atom. The highest BCUT2D eigenvalue weighted by Crippen LogP contribution is 2.25. The predicted octanol–water partition coefficient (Wildman–Crippen LogP) is 4.53. The summed E-state index contributed by atoms with van der Waals surface area (Å²) in [6.45, 7) is 12.9. The Balaban J connectivity index is 0.000000169. The van der Waals surface area contributed by atoms with Gasteiger partial charge in [0.05, 0.1) is 4.88 Å². The molecule has 3 N–H and O–H groups in total. The van der Waals surface area contributed by atoms with Crippen molar-refractivity contribution >= 4 is 52.3 Å². The molecule has 0 aromatic carbocycles. The predicted molar refractivity (Wildman–Crippen MR) is 178 cm³/mol. The molecule has 6 heterocycles. The van der Waals surface area contributed by atoms with Crippen molar-refractivity contribution in [2.75, 3.05) is 62.2 Å². The molecular formula is C32H38N6O5S2. The monoisotopic (exact) mass is 650 g/mol. The molecule has 6 rings (SSSR count). The highest BCUT2D eigenvalue weighted by molar-refractivity contribution is 7.15. The maximum atomic E-state index is 11.0. The number of nitrogens with one attached hydrogen (secondary N) is 1. The number of piperazine rings is 2. The third-order valence-electron chi connectivity index (χ3n) is 7.42. The summed E-state index contributed by atoms with van der Waals surface area (Å²) in [5.74, 6) is -1.81. The van der Waals surface area contributed by atoms with Crippen LogP contribution in [0.2, 0.25) is 0 Å². The number of hydrogen-bond donors (Lipinski definition) is 3. The molecule has 0 radical (unpaired) electrons. The first-order valence-corrected chi connectivity index (χ1v) is 16.2. The second-order valence-electron chi connectivity index (χ2n) is 10.5. The van der Waals surface area contributed by atoms with Crippen molar-refractivity contribution < 1.29 is 24.6 Å². The lowest BCUT2D eigenvalue weighted by atomic mass is 10.2. The van der Waals surface area contributed by atoms with Gasteiger partial charge in [-0.3, -0.25) is 19.7 Å². The maximum absolute atomic E-state index is 11.0. The van der Waals surface area contributed by atoms with Crippen LogP contribution < -0.4 is 15.1 Å². The zero-order valence-electron chi connectivity index (χ0n) is 25.4. The van der Waals surface area contributed by atoms with Gasteiger partial charge in [-0.2, -0.15) is 0 Å². The van der Waals surface area contributed by atoms with Crippen LogP contribution in [0.3, 0.4) is 0 Å². The van der Waals surface area contributed by atoms with Crippen LogP contribution >= 0.6 is 22.7 Å². The zero-order chi connectivity index (χ0) is 32.2. The molecule has 13 heteroatoms. The molecule has 0 saturated carbocycles. The minimum atomic E-state index is -0.980. The summed E-state index contributed by atoms with van der Waals surface area (Å²) in [6.07, 6.45) is 8.01. The van der Waals surface area contributed by atoms with Crippen LogP contribution in [0.5, 0.6) is 0 Å². The first-order chi connectivity index (χ1) is 21.7. The molecule has 4 aromatic rings. The summed E-state index contributed by atoms with van der Waals surface area (Å²) in [6, 6.07) is 11.5. The Labute approximate surface area is 270 Å². The third-order valence-corrected chi connectivity index (χ3v) is 9.78. The average Bonchev–Trinajstić information content (AvgIpc) is 3.65. The normalized spacial score (nSPS) is 14.9. The molecule has 2 fully saturated rings. The van der Waals surface area contributed by atoms with E-state index in [1.165, 1.54) is 28.8 Å². The van der Waals surface area contributed by atoms with Crippen molar-refractivity contribution in [1.82, 2.24) is 20.2 Å². The molecule has 238 valence electrons. The fourth-order valence-corrected chi connectivity index (χ4v) is 6.78. The Bertz CT molecular complexity index is 1530. The third kappa shape index (κ3) is 9.91. The number of carboxylic acid groups (broad SMARTS) is 2. The molecule has 11 nitrogen and oxygen atoms in total. The van der Waals surface area contributed by atoms with Gasteiger partial charge in [0.2, 0.25) is 0 Å².